The molecule has 1 unspecified atom stereocenters. The van der Waals surface area contributed by atoms with E-state index in [-0.39, 0.29) is 24.2 Å². The van der Waals surface area contributed by atoms with E-state index in [1.54, 1.807) is 0 Å². The molecule has 0 saturated carbocycles. The summed E-state index contributed by atoms with van der Waals surface area (Å²) >= 11 is 0. The summed E-state index contributed by atoms with van der Waals surface area (Å²) in [6.07, 6.45) is 4.44. The number of hydrogen-bond acceptors (Lipinski definition) is 2. The minimum atomic E-state index is -0.0290. The van der Waals surface area contributed by atoms with Gasteiger partial charge in [-0.25, -0.2) is 0 Å². The third kappa shape index (κ3) is 7.07. The van der Waals surface area contributed by atoms with E-state index in [0.717, 1.165) is 38.8 Å². The molecule has 0 rings (SSSR count). The second-order valence-corrected chi connectivity index (χ2v) is 4.17. The third-order valence-electron chi connectivity index (χ3n) is 2.65. The molecule has 0 radical (unpaired) electrons. The van der Waals surface area contributed by atoms with Gasteiger partial charge in [0.25, 0.3) is 0 Å². The minimum Gasteiger partial charge on any atom is -0.342 e. The summed E-state index contributed by atoms with van der Waals surface area (Å²) in [6.45, 7) is 8.43. The highest BCUT2D eigenvalue weighted by Crippen LogP contribution is 2.05. The molecule has 0 aliphatic rings. The topological polar surface area (TPSA) is 46.3 Å². The van der Waals surface area contributed by atoms with Crippen molar-refractivity contribution in [3.63, 3.8) is 0 Å². The lowest BCUT2D eigenvalue weighted by Crippen LogP contribution is -2.39. The van der Waals surface area contributed by atoms with Gasteiger partial charge in [0.1, 0.15) is 0 Å². The number of amides is 1. The predicted molar refractivity (Wildman–Crippen MR) is 71.9 cm³/mol. The van der Waals surface area contributed by atoms with Gasteiger partial charge >= 0.3 is 0 Å². The van der Waals surface area contributed by atoms with Crippen molar-refractivity contribution in [1.82, 2.24) is 4.90 Å². The highest BCUT2D eigenvalue weighted by Gasteiger charge is 2.17. The minimum absolute atomic E-state index is 0. The van der Waals surface area contributed by atoms with Crippen molar-refractivity contribution < 1.29 is 4.79 Å². The van der Waals surface area contributed by atoms with Crippen LogP contribution in [0, 0.1) is 5.92 Å². The van der Waals surface area contributed by atoms with Gasteiger partial charge in [0.15, 0.2) is 0 Å². The Hall–Kier alpha value is -0.280. The van der Waals surface area contributed by atoms with E-state index >= 15 is 0 Å². The fourth-order valence-corrected chi connectivity index (χ4v) is 1.44. The molecule has 0 aliphatic carbocycles. The van der Waals surface area contributed by atoms with Crippen molar-refractivity contribution in [3.8, 4) is 0 Å². The maximum atomic E-state index is 11.9. The largest absolute Gasteiger partial charge is 0.342 e. The van der Waals surface area contributed by atoms with Crippen LogP contribution in [0.25, 0.3) is 0 Å². The molecule has 1 amide bonds. The molecular weight excluding hydrogens is 224 g/mol. The summed E-state index contributed by atoms with van der Waals surface area (Å²) in [4.78, 5) is 13.9. The standard InChI is InChI=1S/C12H26N2O.ClH/c1-4-6-8-14(9-7-5-2)12(15)11(3)10-13;/h11H,4-10,13H2,1-3H3;1H. The third-order valence-corrected chi connectivity index (χ3v) is 2.65. The first-order valence-corrected chi connectivity index (χ1v) is 6.16. The van der Waals surface area contributed by atoms with Gasteiger partial charge in [-0.05, 0) is 12.8 Å². The summed E-state index contributed by atoms with van der Waals surface area (Å²) in [5.74, 6) is 0.193. The Labute approximate surface area is 106 Å². The van der Waals surface area contributed by atoms with Crippen LogP contribution in [-0.2, 0) is 4.79 Å². The zero-order chi connectivity index (χ0) is 11.7. The summed E-state index contributed by atoms with van der Waals surface area (Å²) in [5.41, 5.74) is 5.52. The van der Waals surface area contributed by atoms with Crippen molar-refractivity contribution in [2.75, 3.05) is 19.6 Å². The van der Waals surface area contributed by atoms with Gasteiger partial charge in [-0.2, -0.15) is 0 Å². The quantitative estimate of drug-likeness (QED) is 0.719. The van der Waals surface area contributed by atoms with Crippen LogP contribution in [-0.4, -0.2) is 30.4 Å². The molecule has 0 aromatic rings. The number of rotatable bonds is 8. The van der Waals surface area contributed by atoms with Crippen LogP contribution in [0.5, 0.6) is 0 Å². The molecule has 0 saturated heterocycles. The van der Waals surface area contributed by atoms with Crippen LogP contribution >= 0.6 is 12.4 Å². The van der Waals surface area contributed by atoms with Crippen LogP contribution in [0.2, 0.25) is 0 Å². The Morgan fingerprint density at radius 3 is 1.94 bits per heavy atom. The van der Waals surface area contributed by atoms with E-state index in [2.05, 4.69) is 13.8 Å². The van der Waals surface area contributed by atoms with Gasteiger partial charge in [-0.1, -0.05) is 33.6 Å². The Kier molecular flexibility index (Phi) is 12.7. The molecule has 2 N–H and O–H groups in total. The van der Waals surface area contributed by atoms with E-state index in [1.807, 2.05) is 11.8 Å². The molecule has 0 aliphatic heterocycles. The highest BCUT2D eigenvalue weighted by atomic mass is 35.5. The van der Waals surface area contributed by atoms with Crippen LogP contribution < -0.4 is 5.73 Å². The fourth-order valence-electron chi connectivity index (χ4n) is 1.44. The molecule has 3 nitrogen and oxygen atoms in total. The van der Waals surface area contributed by atoms with Crippen LogP contribution in [0.3, 0.4) is 0 Å². The maximum absolute atomic E-state index is 11.9. The van der Waals surface area contributed by atoms with Crippen molar-refractivity contribution in [1.29, 1.82) is 0 Å². The molecule has 0 heterocycles. The first-order valence-electron chi connectivity index (χ1n) is 6.16. The molecule has 0 fully saturated rings. The van der Waals surface area contributed by atoms with E-state index in [0.29, 0.717) is 6.54 Å². The van der Waals surface area contributed by atoms with Crippen molar-refractivity contribution >= 4 is 18.3 Å². The van der Waals surface area contributed by atoms with Crippen molar-refractivity contribution in [3.05, 3.63) is 0 Å². The lowest BCUT2D eigenvalue weighted by Gasteiger charge is -2.25. The van der Waals surface area contributed by atoms with Crippen molar-refractivity contribution in [2.45, 2.75) is 46.5 Å². The maximum Gasteiger partial charge on any atom is 0.226 e. The zero-order valence-electron chi connectivity index (χ0n) is 10.9. The average molecular weight is 251 g/mol. The monoisotopic (exact) mass is 250 g/mol. The normalized spacial score (nSPS) is 11.8. The molecule has 98 valence electrons. The van der Waals surface area contributed by atoms with E-state index < -0.39 is 0 Å². The van der Waals surface area contributed by atoms with Gasteiger partial charge in [-0.3, -0.25) is 4.79 Å². The number of carbonyl (C=O) groups excluding carboxylic acids is 1. The Balaban J connectivity index is 0. The Bertz CT molecular complexity index is 168. The Morgan fingerprint density at radius 1 is 1.19 bits per heavy atom. The summed E-state index contributed by atoms with van der Waals surface area (Å²) < 4.78 is 0. The summed E-state index contributed by atoms with van der Waals surface area (Å²) in [7, 11) is 0. The summed E-state index contributed by atoms with van der Waals surface area (Å²) in [6, 6.07) is 0. The van der Waals surface area contributed by atoms with Gasteiger partial charge in [0.2, 0.25) is 5.91 Å². The van der Waals surface area contributed by atoms with Gasteiger partial charge in [0.05, 0.1) is 0 Å². The molecule has 4 heteroatoms. The molecule has 1 atom stereocenters. The predicted octanol–water partition coefficient (Wildman–Crippen LogP) is 2.43. The molecule has 16 heavy (non-hydrogen) atoms. The number of carbonyl (C=O) groups is 1. The zero-order valence-corrected chi connectivity index (χ0v) is 11.7. The van der Waals surface area contributed by atoms with Gasteiger partial charge in [-0.15, -0.1) is 12.4 Å². The van der Waals surface area contributed by atoms with E-state index in [4.69, 9.17) is 5.73 Å². The van der Waals surface area contributed by atoms with Crippen LogP contribution in [0.4, 0.5) is 0 Å². The number of nitrogens with zero attached hydrogens (tertiary/aromatic N) is 1. The van der Waals surface area contributed by atoms with E-state index in [9.17, 15) is 4.79 Å². The second kappa shape index (κ2) is 11.2. The molecule has 0 spiro atoms. The molecule has 0 bridgehead atoms. The fraction of sp³-hybridized carbons (Fsp3) is 0.917. The second-order valence-electron chi connectivity index (χ2n) is 4.17. The van der Waals surface area contributed by atoms with Gasteiger partial charge < -0.3 is 10.6 Å². The number of nitrogens with two attached hydrogens (primary N) is 1. The van der Waals surface area contributed by atoms with Crippen LogP contribution in [0.1, 0.15) is 46.5 Å². The van der Waals surface area contributed by atoms with Gasteiger partial charge in [0, 0.05) is 25.6 Å². The van der Waals surface area contributed by atoms with E-state index in [1.165, 1.54) is 0 Å². The number of hydrogen-bond donors (Lipinski definition) is 1. The summed E-state index contributed by atoms with van der Waals surface area (Å²) in [5, 5.41) is 0. The Morgan fingerprint density at radius 2 is 1.62 bits per heavy atom. The molecular formula is C12H27ClN2O. The lowest BCUT2D eigenvalue weighted by atomic mass is 10.1. The molecule has 0 aromatic heterocycles. The average Bonchev–Trinajstić information content (AvgIpc) is 2.27. The molecule has 0 aromatic carbocycles. The van der Waals surface area contributed by atoms with Crippen molar-refractivity contribution in [2.24, 2.45) is 11.7 Å². The lowest BCUT2D eigenvalue weighted by molar-refractivity contribution is -0.134. The first kappa shape index (κ1) is 18.1. The number of halogens is 1. The number of unbranched alkanes of at least 4 members (excludes halogenated alkanes) is 2. The van der Waals surface area contributed by atoms with Crippen LogP contribution in [0.15, 0.2) is 0 Å². The smallest absolute Gasteiger partial charge is 0.226 e. The first-order chi connectivity index (χ1) is 7.17. The SMILES string of the molecule is CCCCN(CCCC)C(=O)C(C)CN.Cl. The highest BCUT2D eigenvalue weighted by molar-refractivity contribution is 5.85.